The molecule has 2 fully saturated rings. The standard InChI is InChI=1S/C30H31F3N6O3/c1-16-7-17(8-24(34)28(16)37-29(40)41-2)21-5-6-35-12-18(21)9-26-36-13-20-3-4-25(38-39(20)26)27-22(31)10-19(11-23(27)32)30(33)14-42-15-30/h3-6,10-13,16-17,24,28H,7-9,14-15,34H2,1-2H3,(H,37,40)/t16-,17+,24+,28-/m0/s1. The summed E-state index contributed by atoms with van der Waals surface area (Å²) in [5.74, 6) is -1.01. The van der Waals surface area contributed by atoms with E-state index in [0.29, 0.717) is 24.2 Å². The molecule has 12 heteroatoms. The molecule has 2 aliphatic rings. The van der Waals surface area contributed by atoms with Crippen molar-refractivity contribution in [1.82, 2.24) is 24.9 Å². The number of nitrogens with two attached hydrogens (primary N) is 1. The summed E-state index contributed by atoms with van der Waals surface area (Å²) in [7, 11) is 1.33. The van der Waals surface area contributed by atoms with Crippen LogP contribution in [0.3, 0.4) is 0 Å². The number of aromatic nitrogens is 4. The monoisotopic (exact) mass is 580 g/mol. The first-order valence-corrected chi connectivity index (χ1v) is 13.8. The van der Waals surface area contributed by atoms with Crippen molar-refractivity contribution < 1.29 is 27.4 Å². The number of rotatable bonds is 6. The molecule has 0 bridgehead atoms. The quantitative estimate of drug-likeness (QED) is 0.347. The Morgan fingerprint density at radius 3 is 2.62 bits per heavy atom. The van der Waals surface area contributed by atoms with Crippen molar-refractivity contribution in [3.05, 3.63) is 83.1 Å². The number of hydrogen-bond acceptors (Lipinski definition) is 7. The van der Waals surface area contributed by atoms with Crippen LogP contribution >= 0.6 is 0 Å². The molecule has 1 amide bonds. The van der Waals surface area contributed by atoms with Crippen LogP contribution < -0.4 is 11.1 Å². The smallest absolute Gasteiger partial charge is 0.407 e. The van der Waals surface area contributed by atoms with Crippen molar-refractivity contribution in [1.29, 1.82) is 0 Å². The van der Waals surface area contributed by atoms with Crippen LogP contribution in [0.1, 0.15) is 48.2 Å². The molecule has 1 saturated heterocycles. The Morgan fingerprint density at radius 1 is 1.19 bits per heavy atom. The number of nitrogens with one attached hydrogen (secondary N) is 1. The van der Waals surface area contributed by atoms with Crippen LogP contribution in [0.25, 0.3) is 16.8 Å². The molecule has 1 saturated carbocycles. The maximum atomic E-state index is 15.1. The molecule has 0 radical (unpaired) electrons. The minimum atomic E-state index is -1.89. The van der Waals surface area contributed by atoms with Gasteiger partial charge >= 0.3 is 6.09 Å². The Hall–Kier alpha value is -4.03. The molecule has 3 aromatic heterocycles. The van der Waals surface area contributed by atoms with Gasteiger partial charge in [-0.15, -0.1) is 0 Å². The average Bonchev–Trinajstić information content (AvgIpc) is 3.35. The SMILES string of the molecule is COC(=O)N[C@@H]1[C@H](N)C[C@H](c2ccncc2Cc2ncc3ccc(-c4c(F)cc(C5(F)COC5)cc4F)nn23)C[C@@H]1C. The zero-order valence-corrected chi connectivity index (χ0v) is 23.2. The highest BCUT2D eigenvalue weighted by molar-refractivity contribution is 5.67. The number of carbonyl (C=O) groups is 1. The van der Waals surface area contributed by atoms with Gasteiger partial charge in [0, 0.05) is 30.9 Å². The lowest BCUT2D eigenvalue weighted by molar-refractivity contribution is -0.135. The van der Waals surface area contributed by atoms with Crippen LogP contribution in [0.5, 0.6) is 0 Å². The third-order valence-electron chi connectivity index (χ3n) is 8.42. The minimum absolute atomic E-state index is 0.0590. The summed E-state index contributed by atoms with van der Waals surface area (Å²) in [6.45, 7) is 1.58. The molecule has 0 spiro atoms. The number of methoxy groups -OCH3 is 1. The predicted molar refractivity (Wildman–Crippen MR) is 147 cm³/mol. The molecule has 4 heterocycles. The summed E-state index contributed by atoms with van der Waals surface area (Å²) < 4.78 is 56.2. The lowest BCUT2D eigenvalue weighted by Gasteiger charge is -2.39. The molecular formula is C30H31F3N6O3. The Labute approximate surface area is 240 Å². The second-order valence-electron chi connectivity index (χ2n) is 11.2. The number of fused-ring (bicyclic) bond motifs is 1. The molecule has 220 valence electrons. The Morgan fingerprint density at radius 2 is 1.95 bits per heavy atom. The van der Waals surface area contributed by atoms with Crippen LogP contribution in [-0.4, -0.2) is 58.1 Å². The lowest BCUT2D eigenvalue weighted by atomic mass is 9.72. The number of halogens is 3. The summed E-state index contributed by atoms with van der Waals surface area (Å²) in [6, 6.07) is 6.70. The van der Waals surface area contributed by atoms with Crippen molar-refractivity contribution in [3.63, 3.8) is 0 Å². The van der Waals surface area contributed by atoms with Gasteiger partial charge < -0.3 is 20.5 Å². The lowest BCUT2D eigenvalue weighted by Crippen LogP contribution is -2.54. The third-order valence-corrected chi connectivity index (χ3v) is 8.42. The number of alkyl carbamates (subject to hydrolysis) is 1. The summed E-state index contributed by atoms with van der Waals surface area (Å²) in [4.78, 5) is 20.7. The second-order valence-corrected chi connectivity index (χ2v) is 11.2. The van der Waals surface area contributed by atoms with Crippen LogP contribution in [0.2, 0.25) is 0 Å². The van der Waals surface area contributed by atoms with E-state index in [0.717, 1.165) is 29.7 Å². The van der Waals surface area contributed by atoms with Crippen LogP contribution in [-0.2, 0) is 21.6 Å². The van der Waals surface area contributed by atoms with Gasteiger partial charge in [0.1, 0.15) is 17.5 Å². The number of nitrogens with zero attached hydrogens (tertiary/aromatic N) is 4. The Kier molecular flexibility index (Phi) is 7.36. The normalized spacial score (nSPS) is 23.4. The van der Waals surface area contributed by atoms with Gasteiger partial charge in [0.05, 0.1) is 43.3 Å². The largest absolute Gasteiger partial charge is 0.453 e. The van der Waals surface area contributed by atoms with E-state index in [1.165, 1.54) is 13.2 Å². The molecule has 6 rings (SSSR count). The fraction of sp³-hybridized carbons (Fsp3) is 0.400. The highest BCUT2D eigenvalue weighted by Gasteiger charge is 2.42. The van der Waals surface area contributed by atoms with Gasteiger partial charge in [-0.05, 0) is 71.7 Å². The van der Waals surface area contributed by atoms with E-state index in [1.54, 1.807) is 29.2 Å². The van der Waals surface area contributed by atoms with Crippen LogP contribution in [0.15, 0.2) is 48.9 Å². The summed E-state index contributed by atoms with van der Waals surface area (Å²) in [5.41, 5.74) is 6.88. The first-order chi connectivity index (χ1) is 20.2. The summed E-state index contributed by atoms with van der Waals surface area (Å²) in [5, 5.41) is 7.38. The number of alkyl halides is 1. The third kappa shape index (κ3) is 5.09. The topological polar surface area (TPSA) is 117 Å². The van der Waals surface area contributed by atoms with Crippen LogP contribution in [0.4, 0.5) is 18.0 Å². The molecule has 1 aromatic carbocycles. The van der Waals surface area contributed by atoms with Gasteiger partial charge in [0.25, 0.3) is 0 Å². The van der Waals surface area contributed by atoms with E-state index in [2.05, 4.69) is 27.3 Å². The van der Waals surface area contributed by atoms with E-state index in [1.807, 2.05) is 6.07 Å². The highest BCUT2D eigenvalue weighted by atomic mass is 19.1. The molecule has 9 nitrogen and oxygen atoms in total. The van der Waals surface area contributed by atoms with Crippen molar-refractivity contribution in [2.75, 3.05) is 20.3 Å². The Bertz CT molecular complexity index is 1610. The first-order valence-electron chi connectivity index (χ1n) is 13.8. The van der Waals surface area contributed by atoms with Crippen LogP contribution in [0, 0.1) is 17.6 Å². The highest BCUT2D eigenvalue weighted by Crippen LogP contribution is 2.39. The number of imidazole rings is 1. The van der Waals surface area contributed by atoms with Gasteiger partial charge in [0.15, 0.2) is 5.67 Å². The van der Waals surface area contributed by atoms with Crippen molar-refractivity contribution in [2.24, 2.45) is 11.7 Å². The number of pyridine rings is 1. The molecule has 4 atom stereocenters. The van der Waals surface area contributed by atoms with E-state index in [-0.39, 0.29) is 54.0 Å². The number of benzene rings is 1. The number of hydrogen-bond donors (Lipinski definition) is 2. The number of ether oxygens (including phenoxy) is 2. The molecular weight excluding hydrogens is 549 g/mol. The maximum Gasteiger partial charge on any atom is 0.407 e. The molecule has 1 aliphatic heterocycles. The molecule has 4 aromatic rings. The number of amides is 1. The first kappa shape index (κ1) is 28.1. The van der Waals surface area contributed by atoms with Gasteiger partial charge in [-0.25, -0.2) is 27.5 Å². The van der Waals surface area contributed by atoms with Gasteiger partial charge in [-0.1, -0.05) is 6.92 Å². The second kappa shape index (κ2) is 11.0. The molecule has 0 unspecified atom stereocenters. The van der Waals surface area contributed by atoms with E-state index >= 15 is 8.78 Å². The summed E-state index contributed by atoms with van der Waals surface area (Å²) >= 11 is 0. The van der Waals surface area contributed by atoms with E-state index in [9.17, 15) is 9.18 Å². The van der Waals surface area contributed by atoms with Crippen molar-refractivity contribution >= 4 is 11.6 Å². The maximum absolute atomic E-state index is 15.1. The fourth-order valence-electron chi connectivity index (χ4n) is 6.15. The Balaban J connectivity index is 1.28. The van der Waals surface area contributed by atoms with Crippen molar-refractivity contribution in [2.45, 2.75) is 49.9 Å². The average molecular weight is 581 g/mol. The van der Waals surface area contributed by atoms with E-state index < -0.39 is 23.4 Å². The van der Waals surface area contributed by atoms with Gasteiger partial charge in [-0.2, -0.15) is 5.10 Å². The predicted octanol–water partition coefficient (Wildman–Crippen LogP) is 4.42. The zero-order valence-electron chi connectivity index (χ0n) is 23.2. The van der Waals surface area contributed by atoms with E-state index in [4.69, 9.17) is 15.2 Å². The van der Waals surface area contributed by atoms with Gasteiger partial charge in [0.2, 0.25) is 0 Å². The molecule has 3 N–H and O–H groups in total. The molecule has 42 heavy (non-hydrogen) atoms. The number of carbonyl (C=O) groups excluding carboxylic acids is 1. The molecule has 1 aliphatic carbocycles. The van der Waals surface area contributed by atoms with Gasteiger partial charge in [-0.3, -0.25) is 4.98 Å². The zero-order chi connectivity index (χ0) is 29.6. The van der Waals surface area contributed by atoms with Crippen molar-refractivity contribution in [3.8, 4) is 11.3 Å². The minimum Gasteiger partial charge on any atom is -0.453 e. The summed E-state index contributed by atoms with van der Waals surface area (Å²) in [6.07, 6.45) is 6.48. The fourth-order valence-corrected chi connectivity index (χ4v) is 6.15.